The number of carbonyl (C=O) groups excluding carboxylic acids is 1. The van der Waals surface area contributed by atoms with E-state index < -0.39 is 0 Å². The predicted octanol–water partition coefficient (Wildman–Crippen LogP) is 1.93. The third-order valence-electron chi connectivity index (χ3n) is 4.09. The van der Waals surface area contributed by atoms with E-state index in [1.54, 1.807) is 18.5 Å². The van der Waals surface area contributed by atoms with Crippen molar-refractivity contribution in [2.75, 3.05) is 18.0 Å². The number of hydrogen-bond donors (Lipinski definition) is 1. The SMILES string of the molecule is O=C(Cc1cccc(Cl)c1)NC1CN(c2ccnc3ccnn23)C1. The van der Waals surface area contributed by atoms with Gasteiger partial charge in [0.1, 0.15) is 5.82 Å². The number of carbonyl (C=O) groups is 1. The Morgan fingerprint density at radius 1 is 1.25 bits per heavy atom. The largest absolute Gasteiger partial charge is 0.352 e. The molecule has 7 heteroatoms. The maximum absolute atomic E-state index is 12.1. The van der Waals surface area contributed by atoms with Crippen molar-refractivity contribution < 1.29 is 4.79 Å². The highest BCUT2D eigenvalue weighted by Gasteiger charge is 2.29. The van der Waals surface area contributed by atoms with Gasteiger partial charge in [0.05, 0.1) is 18.7 Å². The third kappa shape index (κ3) is 2.92. The van der Waals surface area contributed by atoms with Crippen LogP contribution in [0.15, 0.2) is 48.8 Å². The minimum absolute atomic E-state index is 0.0147. The van der Waals surface area contributed by atoms with Crippen LogP contribution in [-0.4, -0.2) is 39.6 Å². The second-order valence-electron chi connectivity index (χ2n) is 5.88. The quantitative estimate of drug-likeness (QED) is 0.787. The van der Waals surface area contributed by atoms with Gasteiger partial charge >= 0.3 is 0 Å². The Kier molecular flexibility index (Phi) is 3.82. The molecule has 1 aliphatic rings. The van der Waals surface area contributed by atoms with Crippen molar-refractivity contribution in [3.8, 4) is 0 Å². The molecule has 0 radical (unpaired) electrons. The number of anilines is 1. The lowest BCUT2D eigenvalue weighted by atomic mass is 10.1. The predicted molar refractivity (Wildman–Crippen MR) is 92.3 cm³/mol. The molecule has 1 amide bonds. The van der Waals surface area contributed by atoms with E-state index in [9.17, 15) is 4.79 Å². The van der Waals surface area contributed by atoms with Gasteiger partial charge in [-0.05, 0) is 23.8 Å². The maximum Gasteiger partial charge on any atom is 0.224 e. The molecule has 0 aliphatic carbocycles. The molecule has 3 heterocycles. The first-order valence-corrected chi connectivity index (χ1v) is 8.14. The van der Waals surface area contributed by atoms with E-state index in [4.69, 9.17) is 11.6 Å². The number of rotatable bonds is 4. The summed E-state index contributed by atoms with van der Waals surface area (Å²) in [6.07, 6.45) is 3.85. The fourth-order valence-corrected chi connectivity index (χ4v) is 3.14. The van der Waals surface area contributed by atoms with Gasteiger partial charge in [0.15, 0.2) is 5.65 Å². The Morgan fingerprint density at radius 2 is 2.12 bits per heavy atom. The summed E-state index contributed by atoms with van der Waals surface area (Å²) < 4.78 is 1.81. The highest BCUT2D eigenvalue weighted by Crippen LogP contribution is 2.21. The Labute approximate surface area is 144 Å². The molecule has 0 saturated carbocycles. The number of amides is 1. The van der Waals surface area contributed by atoms with E-state index in [-0.39, 0.29) is 11.9 Å². The minimum Gasteiger partial charge on any atom is -0.352 e. The molecule has 0 spiro atoms. The highest BCUT2D eigenvalue weighted by molar-refractivity contribution is 6.30. The first-order chi connectivity index (χ1) is 11.7. The molecule has 0 unspecified atom stereocenters. The lowest BCUT2D eigenvalue weighted by Crippen LogP contribution is -2.60. The van der Waals surface area contributed by atoms with Crippen LogP contribution < -0.4 is 10.2 Å². The first-order valence-electron chi connectivity index (χ1n) is 7.76. The van der Waals surface area contributed by atoms with Crippen molar-refractivity contribution in [3.63, 3.8) is 0 Å². The van der Waals surface area contributed by atoms with Crippen LogP contribution in [0.2, 0.25) is 5.02 Å². The summed E-state index contributed by atoms with van der Waals surface area (Å²) in [7, 11) is 0. The molecule has 2 aromatic heterocycles. The van der Waals surface area contributed by atoms with Crippen LogP contribution in [0.1, 0.15) is 5.56 Å². The molecule has 1 aromatic carbocycles. The van der Waals surface area contributed by atoms with Crippen LogP contribution in [0.4, 0.5) is 5.82 Å². The van der Waals surface area contributed by atoms with Gasteiger partial charge < -0.3 is 10.2 Å². The first kappa shape index (κ1) is 15.0. The number of nitrogens with zero attached hydrogens (tertiary/aromatic N) is 4. The van der Waals surface area contributed by atoms with E-state index in [0.29, 0.717) is 11.4 Å². The Bertz CT molecular complexity index is 887. The van der Waals surface area contributed by atoms with Crippen LogP contribution in [0.3, 0.4) is 0 Å². The van der Waals surface area contributed by atoms with Crippen molar-refractivity contribution >= 4 is 29.0 Å². The van der Waals surface area contributed by atoms with E-state index in [1.807, 2.05) is 34.8 Å². The summed E-state index contributed by atoms with van der Waals surface area (Å²) in [6.45, 7) is 1.53. The second-order valence-corrected chi connectivity index (χ2v) is 6.32. The van der Waals surface area contributed by atoms with Gasteiger partial charge in [-0.1, -0.05) is 23.7 Å². The van der Waals surface area contributed by atoms with Crippen molar-refractivity contribution in [1.82, 2.24) is 19.9 Å². The summed E-state index contributed by atoms with van der Waals surface area (Å²) in [5, 5.41) is 7.99. The van der Waals surface area contributed by atoms with Gasteiger partial charge in [-0.2, -0.15) is 9.61 Å². The summed E-state index contributed by atoms with van der Waals surface area (Å²) in [5.74, 6) is 1.01. The van der Waals surface area contributed by atoms with Crippen molar-refractivity contribution in [2.45, 2.75) is 12.5 Å². The van der Waals surface area contributed by atoms with Crippen LogP contribution in [-0.2, 0) is 11.2 Å². The zero-order valence-electron chi connectivity index (χ0n) is 12.9. The Balaban J connectivity index is 1.34. The summed E-state index contributed by atoms with van der Waals surface area (Å²) >= 11 is 5.95. The van der Waals surface area contributed by atoms with Crippen LogP contribution in [0.5, 0.6) is 0 Å². The third-order valence-corrected chi connectivity index (χ3v) is 4.33. The molecular weight excluding hydrogens is 326 g/mol. The average Bonchev–Trinajstić information content (AvgIpc) is 2.99. The number of benzene rings is 1. The molecule has 1 saturated heterocycles. The molecule has 24 heavy (non-hydrogen) atoms. The standard InChI is InChI=1S/C17H16ClN5O/c18-13-3-1-2-12(8-13)9-16(24)21-14-10-22(11-14)17-5-6-19-15-4-7-20-23(15)17/h1-8,14H,9-11H2,(H,21,24). The van der Waals surface area contributed by atoms with Crippen LogP contribution in [0.25, 0.3) is 5.65 Å². The molecule has 1 aliphatic heterocycles. The summed E-state index contributed by atoms with van der Waals surface area (Å²) in [6, 6.07) is 11.3. The average molecular weight is 342 g/mol. The summed E-state index contributed by atoms with van der Waals surface area (Å²) in [5.41, 5.74) is 1.74. The van der Waals surface area contributed by atoms with Crippen LogP contribution in [0, 0.1) is 0 Å². The molecule has 0 atom stereocenters. The van der Waals surface area contributed by atoms with Gasteiger partial charge in [-0.25, -0.2) is 4.98 Å². The normalized spacial score (nSPS) is 14.6. The number of hydrogen-bond acceptors (Lipinski definition) is 4. The van der Waals surface area contributed by atoms with Gasteiger partial charge in [0.25, 0.3) is 0 Å². The smallest absolute Gasteiger partial charge is 0.224 e. The Hall–Kier alpha value is -2.60. The number of aromatic nitrogens is 3. The Morgan fingerprint density at radius 3 is 2.96 bits per heavy atom. The fourth-order valence-electron chi connectivity index (χ4n) is 2.93. The van der Waals surface area contributed by atoms with Gasteiger partial charge in [-0.15, -0.1) is 0 Å². The molecular formula is C17H16ClN5O. The van der Waals surface area contributed by atoms with E-state index in [2.05, 4.69) is 20.3 Å². The van der Waals surface area contributed by atoms with Crippen LogP contribution >= 0.6 is 11.6 Å². The topological polar surface area (TPSA) is 62.5 Å². The molecule has 4 rings (SSSR count). The maximum atomic E-state index is 12.1. The monoisotopic (exact) mass is 341 g/mol. The number of halogens is 1. The molecule has 0 bridgehead atoms. The van der Waals surface area contributed by atoms with Gasteiger partial charge in [0, 0.05) is 30.4 Å². The van der Waals surface area contributed by atoms with E-state index >= 15 is 0 Å². The molecule has 1 fully saturated rings. The number of nitrogens with one attached hydrogen (secondary N) is 1. The van der Waals surface area contributed by atoms with Gasteiger partial charge in [-0.3, -0.25) is 4.79 Å². The second kappa shape index (κ2) is 6.13. The molecule has 122 valence electrons. The molecule has 3 aromatic rings. The molecule has 6 nitrogen and oxygen atoms in total. The lowest BCUT2D eigenvalue weighted by molar-refractivity contribution is -0.121. The summed E-state index contributed by atoms with van der Waals surface area (Å²) in [4.78, 5) is 18.6. The van der Waals surface area contributed by atoms with Crippen molar-refractivity contribution in [3.05, 3.63) is 59.4 Å². The number of fused-ring (bicyclic) bond motifs is 1. The van der Waals surface area contributed by atoms with Crippen molar-refractivity contribution in [1.29, 1.82) is 0 Å². The molecule has 1 N–H and O–H groups in total. The zero-order chi connectivity index (χ0) is 16.5. The highest BCUT2D eigenvalue weighted by atomic mass is 35.5. The lowest BCUT2D eigenvalue weighted by Gasteiger charge is -2.40. The van der Waals surface area contributed by atoms with Gasteiger partial charge in [0.2, 0.25) is 5.91 Å². The fraction of sp³-hybridized carbons (Fsp3) is 0.235. The van der Waals surface area contributed by atoms with E-state index in [0.717, 1.165) is 30.1 Å². The van der Waals surface area contributed by atoms with E-state index in [1.165, 1.54) is 0 Å². The zero-order valence-corrected chi connectivity index (χ0v) is 13.6. The minimum atomic E-state index is 0.0147. The van der Waals surface area contributed by atoms with Crippen molar-refractivity contribution in [2.24, 2.45) is 0 Å².